The number of H-pyrrole nitrogens is 1. The number of thiophene rings is 1. The summed E-state index contributed by atoms with van der Waals surface area (Å²) in [6.45, 7) is 0. The van der Waals surface area contributed by atoms with Gasteiger partial charge in [-0.25, -0.2) is 4.98 Å². The molecule has 0 aliphatic carbocycles. The normalized spacial score (nSPS) is 12.2. The van der Waals surface area contributed by atoms with Gasteiger partial charge in [0, 0.05) is 10.1 Å². The number of fused-ring (bicyclic) bond motifs is 3. The van der Waals surface area contributed by atoms with Gasteiger partial charge in [0.15, 0.2) is 0 Å². The molecule has 0 amide bonds. The van der Waals surface area contributed by atoms with E-state index in [1.807, 2.05) is 0 Å². The largest absolute Gasteiger partial charge is 0.573 e. The Morgan fingerprint density at radius 1 is 1.32 bits per heavy atom. The summed E-state index contributed by atoms with van der Waals surface area (Å²) in [5, 5.41) is 0.466. The molecule has 1 N–H and O–H groups in total. The van der Waals surface area contributed by atoms with Gasteiger partial charge in [-0.05, 0) is 18.2 Å². The molecule has 4 nitrogen and oxygen atoms in total. The first-order chi connectivity index (χ1) is 8.94. The van der Waals surface area contributed by atoms with Gasteiger partial charge >= 0.3 is 6.36 Å². The second-order valence-corrected chi connectivity index (χ2v) is 4.77. The Kier molecular flexibility index (Phi) is 2.49. The van der Waals surface area contributed by atoms with Crippen LogP contribution in [0.2, 0.25) is 0 Å². The summed E-state index contributed by atoms with van der Waals surface area (Å²) in [7, 11) is 0. The van der Waals surface area contributed by atoms with Crippen LogP contribution in [0, 0.1) is 0 Å². The molecular formula is C11H5F3N2O2S. The zero-order valence-electron chi connectivity index (χ0n) is 9.12. The summed E-state index contributed by atoms with van der Waals surface area (Å²) in [4.78, 5) is 18.0. The number of rotatable bonds is 1. The number of hydrogen-bond donors (Lipinski definition) is 1. The average Bonchev–Trinajstić information content (AvgIpc) is 2.67. The van der Waals surface area contributed by atoms with E-state index in [0.29, 0.717) is 20.3 Å². The zero-order valence-corrected chi connectivity index (χ0v) is 9.93. The highest BCUT2D eigenvalue weighted by atomic mass is 32.1. The van der Waals surface area contributed by atoms with Crippen LogP contribution in [0.4, 0.5) is 13.2 Å². The summed E-state index contributed by atoms with van der Waals surface area (Å²) in [5.41, 5.74) is 0.0564. The molecular weight excluding hydrogens is 281 g/mol. The molecule has 0 aliphatic heterocycles. The fraction of sp³-hybridized carbons (Fsp3) is 0.0909. The Morgan fingerprint density at radius 2 is 2.11 bits per heavy atom. The van der Waals surface area contributed by atoms with Crippen molar-refractivity contribution in [2.24, 2.45) is 0 Å². The number of nitrogens with zero attached hydrogens (tertiary/aromatic N) is 1. The van der Waals surface area contributed by atoms with Gasteiger partial charge < -0.3 is 9.72 Å². The van der Waals surface area contributed by atoms with Gasteiger partial charge in [-0.15, -0.1) is 24.5 Å². The Hall–Kier alpha value is -2.09. The predicted molar refractivity (Wildman–Crippen MR) is 64.4 cm³/mol. The first-order valence-corrected chi connectivity index (χ1v) is 5.91. The van der Waals surface area contributed by atoms with Crippen molar-refractivity contribution in [2.45, 2.75) is 6.36 Å². The minimum absolute atomic E-state index is 0.315. The van der Waals surface area contributed by atoms with Crippen LogP contribution in [-0.4, -0.2) is 16.3 Å². The van der Waals surface area contributed by atoms with E-state index in [9.17, 15) is 18.0 Å². The van der Waals surface area contributed by atoms with Gasteiger partial charge in [0.05, 0.1) is 11.8 Å². The molecule has 8 heteroatoms. The second kappa shape index (κ2) is 3.95. The highest BCUT2D eigenvalue weighted by Crippen LogP contribution is 2.34. The molecule has 0 spiro atoms. The number of aromatic amines is 1. The molecule has 1 aromatic carbocycles. The van der Waals surface area contributed by atoms with E-state index in [-0.39, 0.29) is 11.3 Å². The number of hydrogen-bond acceptors (Lipinski definition) is 4. The van der Waals surface area contributed by atoms with E-state index in [2.05, 4.69) is 14.7 Å². The summed E-state index contributed by atoms with van der Waals surface area (Å²) in [6.07, 6.45) is -3.53. The summed E-state index contributed by atoms with van der Waals surface area (Å²) in [5.74, 6) is -0.332. The highest BCUT2D eigenvalue weighted by Gasteiger charge is 2.31. The average molecular weight is 286 g/mol. The number of nitrogens with one attached hydrogen (secondary N) is 1. The van der Waals surface area contributed by atoms with Crippen molar-refractivity contribution < 1.29 is 17.9 Å². The fourth-order valence-corrected chi connectivity index (χ4v) is 2.80. The molecule has 2 heterocycles. The Bertz CT molecular complexity index is 822. The Balaban J connectivity index is 2.25. The van der Waals surface area contributed by atoms with Crippen LogP contribution in [0.1, 0.15) is 0 Å². The van der Waals surface area contributed by atoms with Crippen molar-refractivity contribution in [3.05, 3.63) is 34.9 Å². The quantitative estimate of drug-likeness (QED) is 0.748. The third-order valence-electron chi connectivity index (χ3n) is 2.46. The molecule has 19 heavy (non-hydrogen) atoms. The standard InChI is InChI=1S/C11H5F3N2O2S/c12-11(13,14)18-5-1-2-7-6(3-5)8-9(19-7)10(17)16-4-15-8/h1-4H,(H,15,16,17). The van der Waals surface area contributed by atoms with E-state index >= 15 is 0 Å². The molecule has 3 aromatic rings. The lowest BCUT2D eigenvalue weighted by molar-refractivity contribution is -0.274. The predicted octanol–water partition coefficient (Wildman–Crippen LogP) is 3.04. The Morgan fingerprint density at radius 3 is 2.84 bits per heavy atom. The van der Waals surface area contributed by atoms with E-state index in [1.165, 1.54) is 35.9 Å². The second-order valence-electron chi connectivity index (χ2n) is 3.72. The maximum absolute atomic E-state index is 12.2. The van der Waals surface area contributed by atoms with Crippen LogP contribution >= 0.6 is 11.3 Å². The fourth-order valence-electron chi connectivity index (χ4n) is 1.76. The van der Waals surface area contributed by atoms with Crippen LogP contribution in [0.5, 0.6) is 5.75 Å². The van der Waals surface area contributed by atoms with E-state index < -0.39 is 6.36 Å². The molecule has 0 saturated heterocycles. The summed E-state index contributed by atoms with van der Waals surface area (Å²) >= 11 is 1.17. The van der Waals surface area contributed by atoms with Crippen LogP contribution in [-0.2, 0) is 0 Å². The van der Waals surface area contributed by atoms with Crippen molar-refractivity contribution in [3.8, 4) is 5.75 Å². The van der Waals surface area contributed by atoms with E-state index in [4.69, 9.17) is 0 Å². The topological polar surface area (TPSA) is 55.0 Å². The van der Waals surface area contributed by atoms with Crippen molar-refractivity contribution in [1.82, 2.24) is 9.97 Å². The molecule has 2 aromatic heterocycles. The Labute approximate surface area is 107 Å². The van der Waals surface area contributed by atoms with Crippen LogP contribution in [0.15, 0.2) is 29.3 Å². The number of aromatic nitrogens is 2. The lowest BCUT2D eigenvalue weighted by atomic mass is 10.2. The van der Waals surface area contributed by atoms with Crippen LogP contribution < -0.4 is 10.3 Å². The first kappa shape index (κ1) is 12.0. The molecule has 3 rings (SSSR count). The molecule has 0 unspecified atom stereocenters. The molecule has 0 atom stereocenters. The van der Waals surface area contributed by atoms with Gasteiger partial charge in [0.25, 0.3) is 5.56 Å². The lowest BCUT2D eigenvalue weighted by Crippen LogP contribution is -2.16. The molecule has 0 saturated carbocycles. The molecule has 0 fully saturated rings. The maximum Gasteiger partial charge on any atom is 0.573 e. The van der Waals surface area contributed by atoms with Crippen molar-refractivity contribution in [1.29, 1.82) is 0 Å². The lowest BCUT2D eigenvalue weighted by Gasteiger charge is -2.08. The minimum Gasteiger partial charge on any atom is -0.406 e. The first-order valence-electron chi connectivity index (χ1n) is 5.10. The van der Waals surface area contributed by atoms with Gasteiger partial charge in [0.1, 0.15) is 10.4 Å². The number of alkyl halides is 3. The zero-order chi connectivity index (χ0) is 13.6. The minimum atomic E-state index is -4.75. The number of halogens is 3. The van der Waals surface area contributed by atoms with Crippen molar-refractivity contribution in [2.75, 3.05) is 0 Å². The highest BCUT2D eigenvalue weighted by molar-refractivity contribution is 7.25. The maximum atomic E-state index is 12.2. The van der Waals surface area contributed by atoms with Gasteiger partial charge in [0.2, 0.25) is 0 Å². The molecule has 0 bridgehead atoms. The van der Waals surface area contributed by atoms with Gasteiger partial charge in [-0.2, -0.15) is 0 Å². The number of ether oxygens (including phenoxy) is 1. The van der Waals surface area contributed by atoms with Gasteiger partial charge in [-0.3, -0.25) is 4.79 Å². The molecule has 0 aliphatic rings. The molecule has 98 valence electrons. The third kappa shape index (κ3) is 2.14. The van der Waals surface area contributed by atoms with Crippen LogP contribution in [0.3, 0.4) is 0 Å². The van der Waals surface area contributed by atoms with Crippen LogP contribution in [0.25, 0.3) is 20.3 Å². The number of benzene rings is 1. The summed E-state index contributed by atoms with van der Waals surface area (Å²) < 4.78 is 41.4. The monoisotopic (exact) mass is 286 g/mol. The smallest absolute Gasteiger partial charge is 0.406 e. The van der Waals surface area contributed by atoms with E-state index in [1.54, 1.807) is 0 Å². The van der Waals surface area contributed by atoms with Crippen molar-refractivity contribution >= 4 is 31.6 Å². The SMILES string of the molecule is O=c1[nH]cnc2c1sc1ccc(OC(F)(F)F)cc12. The van der Waals surface area contributed by atoms with E-state index in [0.717, 1.165) is 0 Å². The van der Waals surface area contributed by atoms with Crippen molar-refractivity contribution in [3.63, 3.8) is 0 Å². The van der Waals surface area contributed by atoms with Gasteiger partial charge in [-0.1, -0.05) is 0 Å². The molecule has 0 radical (unpaired) electrons. The third-order valence-corrected chi connectivity index (χ3v) is 3.62. The summed E-state index contributed by atoms with van der Waals surface area (Å²) in [6, 6.07) is 3.91.